The van der Waals surface area contributed by atoms with Crippen molar-refractivity contribution in [3.63, 3.8) is 0 Å². The van der Waals surface area contributed by atoms with Crippen LogP contribution in [0, 0.1) is 0 Å². The first kappa shape index (κ1) is 11.0. The summed E-state index contributed by atoms with van der Waals surface area (Å²) in [7, 11) is -3.33. The first-order valence-electron chi connectivity index (χ1n) is 6.05. The average Bonchev–Trinajstić information content (AvgIpc) is 2.39. The Kier molecular flexibility index (Phi) is 2.51. The van der Waals surface area contributed by atoms with Crippen molar-refractivity contribution in [3.8, 4) is 0 Å². The molecular formula is C10H19N3O2S. The molecule has 0 aromatic rings. The van der Waals surface area contributed by atoms with E-state index in [0.717, 1.165) is 38.8 Å². The molecule has 3 heterocycles. The van der Waals surface area contributed by atoms with Gasteiger partial charge in [-0.2, -0.15) is 0 Å². The monoisotopic (exact) mass is 245 g/mol. The van der Waals surface area contributed by atoms with E-state index in [1.54, 1.807) is 0 Å². The molecule has 6 heteroatoms. The Hall–Kier alpha value is -0.170. The average molecular weight is 245 g/mol. The molecule has 92 valence electrons. The Morgan fingerprint density at radius 2 is 1.62 bits per heavy atom. The summed E-state index contributed by atoms with van der Waals surface area (Å²) < 4.78 is 22.8. The number of rotatable bonds is 2. The number of nitrogens with zero attached hydrogens (tertiary/aromatic N) is 1. The predicted octanol–water partition coefficient (Wildman–Crippen LogP) is -0.758. The van der Waals surface area contributed by atoms with Crippen LogP contribution in [0.15, 0.2) is 0 Å². The van der Waals surface area contributed by atoms with E-state index in [9.17, 15) is 8.42 Å². The highest BCUT2D eigenvalue weighted by Gasteiger charge is 2.47. The molecule has 0 saturated carbocycles. The molecule has 3 saturated heterocycles. The van der Waals surface area contributed by atoms with Crippen LogP contribution in [0.5, 0.6) is 0 Å². The summed E-state index contributed by atoms with van der Waals surface area (Å²) in [5.74, 6) is 0. The molecule has 0 aromatic carbocycles. The molecule has 0 spiro atoms. The Balaban J connectivity index is 1.76. The van der Waals surface area contributed by atoms with Crippen LogP contribution in [-0.2, 0) is 10.0 Å². The molecule has 0 amide bonds. The van der Waals surface area contributed by atoms with Crippen LogP contribution in [0.2, 0.25) is 0 Å². The molecule has 3 rings (SSSR count). The zero-order chi connectivity index (χ0) is 11.3. The number of sulfonamides is 1. The van der Waals surface area contributed by atoms with Gasteiger partial charge in [-0.15, -0.1) is 0 Å². The number of piperidine rings is 1. The molecule has 2 bridgehead atoms. The molecular weight excluding hydrogens is 226 g/mol. The summed E-state index contributed by atoms with van der Waals surface area (Å²) in [6.07, 6.45) is 3.78. The van der Waals surface area contributed by atoms with E-state index in [-0.39, 0.29) is 5.25 Å². The van der Waals surface area contributed by atoms with Gasteiger partial charge in [0.05, 0.1) is 5.25 Å². The van der Waals surface area contributed by atoms with Gasteiger partial charge in [-0.25, -0.2) is 13.6 Å². The zero-order valence-electron chi connectivity index (χ0n) is 9.30. The van der Waals surface area contributed by atoms with Crippen LogP contribution in [0.3, 0.4) is 0 Å². The van der Waals surface area contributed by atoms with Crippen LogP contribution >= 0.6 is 0 Å². The Bertz CT molecular complexity index is 366. The standard InChI is InChI=1S/C10H19N3O2S/c11-16(14,15)10-3-7-1-2-8(4-10)13(7)9-5-12-6-9/h7-10,12H,1-6H2,(H2,11,14,15). The summed E-state index contributed by atoms with van der Waals surface area (Å²) in [5.41, 5.74) is 0. The van der Waals surface area contributed by atoms with Gasteiger partial charge in [0, 0.05) is 31.2 Å². The Labute approximate surface area is 96.4 Å². The fourth-order valence-electron chi connectivity index (χ4n) is 3.51. The minimum absolute atomic E-state index is 0.297. The van der Waals surface area contributed by atoms with Gasteiger partial charge in [0.15, 0.2) is 0 Å². The molecule has 16 heavy (non-hydrogen) atoms. The molecule has 2 unspecified atom stereocenters. The lowest BCUT2D eigenvalue weighted by atomic mass is 9.97. The summed E-state index contributed by atoms with van der Waals surface area (Å²) >= 11 is 0. The number of primary sulfonamides is 1. The minimum Gasteiger partial charge on any atom is -0.314 e. The van der Waals surface area contributed by atoms with E-state index < -0.39 is 10.0 Å². The van der Waals surface area contributed by atoms with Gasteiger partial charge in [0.25, 0.3) is 0 Å². The molecule has 0 radical (unpaired) electrons. The van der Waals surface area contributed by atoms with Gasteiger partial charge in [-0.1, -0.05) is 0 Å². The van der Waals surface area contributed by atoms with Crippen LogP contribution in [0.25, 0.3) is 0 Å². The van der Waals surface area contributed by atoms with Crippen molar-refractivity contribution >= 4 is 10.0 Å². The first-order chi connectivity index (χ1) is 7.55. The van der Waals surface area contributed by atoms with E-state index in [1.165, 1.54) is 0 Å². The van der Waals surface area contributed by atoms with Gasteiger partial charge >= 0.3 is 0 Å². The maximum Gasteiger partial charge on any atom is 0.212 e. The topological polar surface area (TPSA) is 75.4 Å². The SMILES string of the molecule is NS(=O)(=O)C1CC2CCC(C1)N2C1CNC1. The van der Waals surface area contributed by atoms with Crippen molar-refractivity contribution in [1.82, 2.24) is 10.2 Å². The lowest BCUT2D eigenvalue weighted by Crippen LogP contribution is -2.63. The lowest BCUT2D eigenvalue weighted by molar-refractivity contribution is 0.0592. The number of nitrogens with one attached hydrogen (secondary N) is 1. The van der Waals surface area contributed by atoms with Crippen molar-refractivity contribution in [3.05, 3.63) is 0 Å². The zero-order valence-corrected chi connectivity index (χ0v) is 10.1. The van der Waals surface area contributed by atoms with E-state index in [1.807, 2.05) is 0 Å². The van der Waals surface area contributed by atoms with E-state index in [4.69, 9.17) is 5.14 Å². The number of nitrogens with two attached hydrogens (primary N) is 1. The second kappa shape index (κ2) is 3.66. The largest absolute Gasteiger partial charge is 0.314 e. The number of hydrogen-bond acceptors (Lipinski definition) is 4. The molecule has 5 nitrogen and oxygen atoms in total. The highest BCUT2D eigenvalue weighted by molar-refractivity contribution is 7.89. The highest BCUT2D eigenvalue weighted by Crippen LogP contribution is 2.39. The summed E-state index contributed by atoms with van der Waals surface area (Å²) in [6, 6.07) is 1.54. The predicted molar refractivity (Wildman–Crippen MR) is 61.4 cm³/mol. The van der Waals surface area contributed by atoms with E-state index in [0.29, 0.717) is 18.1 Å². The van der Waals surface area contributed by atoms with Crippen LogP contribution in [-0.4, -0.2) is 49.8 Å². The molecule has 3 aliphatic rings. The van der Waals surface area contributed by atoms with Gasteiger partial charge in [0.2, 0.25) is 10.0 Å². The molecule has 0 aliphatic carbocycles. The summed E-state index contributed by atoms with van der Waals surface area (Å²) in [4.78, 5) is 2.55. The first-order valence-corrected chi connectivity index (χ1v) is 7.66. The maximum absolute atomic E-state index is 11.4. The molecule has 3 fully saturated rings. The quantitative estimate of drug-likeness (QED) is 0.671. The summed E-state index contributed by atoms with van der Waals surface area (Å²) in [6.45, 7) is 2.13. The third kappa shape index (κ3) is 1.68. The third-order valence-corrected chi connectivity index (χ3v) is 5.71. The van der Waals surface area contributed by atoms with E-state index in [2.05, 4.69) is 10.2 Å². The molecule has 0 aromatic heterocycles. The van der Waals surface area contributed by atoms with Crippen molar-refractivity contribution in [2.24, 2.45) is 5.14 Å². The Morgan fingerprint density at radius 1 is 1.06 bits per heavy atom. The van der Waals surface area contributed by atoms with Crippen LogP contribution < -0.4 is 10.5 Å². The number of hydrogen-bond donors (Lipinski definition) is 2. The minimum atomic E-state index is -3.33. The second-order valence-electron chi connectivity index (χ2n) is 5.33. The maximum atomic E-state index is 11.4. The normalized spacial score (nSPS) is 40.9. The fourth-order valence-corrected chi connectivity index (χ4v) is 4.49. The van der Waals surface area contributed by atoms with Crippen molar-refractivity contribution in [2.75, 3.05) is 13.1 Å². The van der Waals surface area contributed by atoms with Crippen molar-refractivity contribution < 1.29 is 8.42 Å². The highest BCUT2D eigenvalue weighted by atomic mass is 32.2. The second-order valence-corrected chi connectivity index (χ2v) is 7.17. The third-order valence-electron chi connectivity index (χ3n) is 4.39. The van der Waals surface area contributed by atoms with Crippen LogP contribution in [0.4, 0.5) is 0 Å². The van der Waals surface area contributed by atoms with Gasteiger partial charge < -0.3 is 5.32 Å². The molecule has 3 aliphatic heterocycles. The lowest BCUT2D eigenvalue weighted by Gasteiger charge is -2.46. The van der Waals surface area contributed by atoms with Crippen molar-refractivity contribution in [2.45, 2.75) is 49.1 Å². The molecule has 3 N–H and O–H groups in total. The fraction of sp³-hybridized carbons (Fsp3) is 1.00. The smallest absolute Gasteiger partial charge is 0.212 e. The van der Waals surface area contributed by atoms with E-state index >= 15 is 0 Å². The molecule has 2 atom stereocenters. The summed E-state index contributed by atoms with van der Waals surface area (Å²) in [5, 5.41) is 8.26. The van der Waals surface area contributed by atoms with Gasteiger partial charge in [-0.3, -0.25) is 4.90 Å². The van der Waals surface area contributed by atoms with Crippen molar-refractivity contribution in [1.29, 1.82) is 0 Å². The van der Waals surface area contributed by atoms with Gasteiger partial charge in [0.1, 0.15) is 0 Å². The number of fused-ring (bicyclic) bond motifs is 2. The van der Waals surface area contributed by atoms with Crippen LogP contribution in [0.1, 0.15) is 25.7 Å². The van der Waals surface area contributed by atoms with Gasteiger partial charge in [-0.05, 0) is 25.7 Å². The Morgan fingerprint density at radius 3 is 2.00 bits per heavy atom.